The van der Waals surface area contributed by atoms with Crippen LogP contribution >= 0.6 is 11.3 Å². The van der Waals surface area contributed by atoms with E-state index in [4.69, 9.17) is 9.47 Å². The number of rotatable bonds is 7. The van der Waals surface area contributed by atoms with Gasteiger partial charge >= 0.3 is 5.91 Å². The van der Waals surface area contributed by atoms with Crippen molar-refractivity contribution in [2.45, 2.75) is 6.54 Å². The lowest BCUT2D eigenvalue weighted by Gasteiger charge is -2.14. The summed E-state index contributed by atoms with van der Waals surface area (Å²) in [6.07, 6.45) is 1.50. The highest BCUT2D eigenvalue weighted by molar-refractivity contribution is 7.18. The monoisotopic (exact) mass is 436 g/mol. The molecular weight excluding hydrogens is 414 g/mol. The van der Waals surface area contributed by atoms with Crippen LogP contribution in [0.5, 0.6) is 11.5 Å². The van der Waals surface area contributed by atoms with Gasteiger partial charge in [0.15, 0.2) is 17.8 Å². The zero-order chi connectivity index (χ0) is 21.8. The minimum absolute atomic E-state index is 0.0124. The van der Waals surface area contributed by atoms with Crippen molar-refractivity contribution in [1.29, 1.82) is 0 Å². The molecule has 2 amide bonds. The van der Waals surface area contributed by atoms with Gasteiger partial charge in [-0.1, -0.05) is 12.1 Å². The predicted molar refractivity (Wildman–Crippen MR) is 119 cm³/mol. The summed E-state index contributed by atoms with van der Waals surface area (Å²) in [4.78, 5) is 31.6. The maximum atomic E-state index is 12.9. The highest BCUT2D eigenvalue weighted by atomic mass is 32.1. The Morgan fingerprint density at radius 2 is 1.84 bits per heavy atom. The van der Waals surface area contributed by atoms with Crippen molar-refractivity contribution >= 4 is 35.2 Å². The van der Waals surface area contributed by atoms with Gasteiger partial charge in [-0.2, -0.15) is 0 Å². The van der Waals surface area contributed by atoms with Gasteiger partial charge in [0.1, 0.15) is 11.5 Å². The minimum Gasteiger partial charge on any atom is -0.497 e. The lowest BCUT2D eigenvalue weighted by atomic mass is 10.1. The first-order chi connectivity index (χ1) is 15.1. The van der Waals surface area contributed by atoms with Crippen molar-refractivity contribution in [3.63, 3.8) is 0 Å². The van der Waals surface area contributed by atoms with Crippen LogP contribution in [0.1, 0.15) is 15.2 Å². The smallest absolute Gasteiger partial charge is 0.362 e. The van der Waals surface area contributed by atoms with Gasteiger partial charge in [0.25, 0.3) is 5.91 Å². The van der Waals surface area contributed by atoms with Gasteiger partial charge in [-0.05, 0) is 53.6 Å². The minimum atomic E-state index is -0.229. The number of quaternary nitrogens is 1. The Labute approximate surface area is 183 Å². The molecule has 0 spiro atoms. The molecule has 7 nitrogen and oxygen atoms in total. The number of carbonyl (C=O) groups excluding carboxylic acids is 2. The number of nitrogens with one attached hydrogen (secondary N) is 2. The van der Waals surface area contributed by atoms with E-state index in [2.05, 4.69) is 10.3 Å². The molecule has 0 bridgehead atoms. The van der Waals surface area contributed by atoms with Crippen LogP contribution in [-0.2, 0) is 11.3 Å². The second-order valence-electron chi connectivity index (χ2n) is 6.97. The van der Waals surface area contributed by atoms with Gasteiger partial charge in [-0.3, -0.25) is 4.79 Å². The van der Waals surface area contributed by atoms with E-state index in [0.29, 0.717) is 22.0 Å². The molecule has 2 aromatic carbocycles. The van der Waals surface area contributed by atoms with Crippen molar-refractivity contribution < 1.29 is 24.0 Å². The Hall–Kier alpha value is -3.49. The number of ether oxygens (including phenoxy) is 2. The molecule has 0 saturated carbocycles. The van der Waals surface area contributed by atoms with Crippen molar-refractivity contribution in [2.75, 3.05) is 20.8 Å². The fourth-order valence-electron chi connectivity index (χ4n) is 3.23. The average Bonchev–Trinajstić information content (AvgIpc) is 3.25. The molecule has 0 radical (unpaired) electrons. The maximum absolute atomic E-state index is 12.9. The molecular formula is C23H22N3O4S+. The number of methoxy groups -OCH3 is 2. The van der Waals surface area contributed by atoms with Crippen LogP contribution in [-0.4, -0.2) is 38.9 Å². The number of hydrogen-bond donors (Lipinski definition) is 2. The van der Waals surface area contributed by atoms with Crippen LogP contribution in [0.15, 0.2) is 59.6 Å². The molecule has 1 aromatic heterocycles. The number of benzene rings is 2. The SMILES string of the molecule is COc1ccc(-c2cc3c(s2)C(=O)[NH+](CC(=O)NCc2cccc(OC)c2)C=N3)cc1. The Balaban J connectivity index is 1.40. The number of hydrogen-bond acceptors (Lipinski definition) is 6. The third-order valence-corrected chi connectivity index (χ3v) is 6.09. The average molecular weight is 437 g/mol. The Morgan fingerprint density at radius 3 is 2.58 bits per heavy atom. The van der Waals surface area contributed by atoms with E-state index < -0.39 is 0 Å². The summed E-state index contributed by atoms with van der Waals surface area (Å²) in [5, 5.41) is 2.85. The van der Waals surface area contributed by atoms with Crippen LogP contribution < -0.4 is 19.7 Å². The molecule has 4 rings (SSSR count). The normalized spacial score (nSPS) is 14.8. The lowest BCUT2D eigenvalue weighted by molar-refractivity contribution is -0.695. The fourth-order valence-corrected chi connectivity index (χ4v) is 4.32. The summed E-state index contributed by atoms with van der Waals surface area (Å²) < 4.78 is 10.4. The molecule has 158 valence electrons. The van der Waals surface area contributed by atoms with E-state index in [0.717, 1.165) is 27.5 Å². The van der Waals surface area contributed by atoms with Crippen molar-refractivity contribution in [2.24, 2.45) is 4.99 Å². The standard InChI is InChI=1S/C23H21N3O4S/c1-29-17-8-6-16(7-9-17)20-11-19-22(31-20)23(28)26(14-25-19)13-21(27)24-12-15-4-3-5-18(10-15)30-2/h3-11,14H,12-13H2,1-2H3,(H,24,27)/p+1. The van der Waals surface area contributed by atoms with Gasteiger partial charge in [0.05, 0.1) is 19.9 Å². The van der Waals surface area contributed by atoms with Gasteiger partial charge in [0, 0.05) is 11.4 Å². The van der Waals surface area contributed by atoms with E-state index in [1.807, 2.05) is 54.6 Å². The maximum Gasteiger partial charge on any atom is 0.362 e. The lowest BCUT2D eigenvalue weighted by Crippen LogP contribution is -3.15. The molecule has 2 N–H and O–H groups in total. The third-order valence-electron chi connectivity index (χ3n) is 4.92. The summed E-state index contributed by atoms with van der Waals surface area (Å²) in [6.45, 7) is 0.349. The van der Waals surface area contributed by atoms with Gasteiger partial charge in [-0.25, -0.2) is 14.7 Å². The number of fused-ring (bicyclic) bond motifs is 1. The fraction of sp³-hybridized carbons (Fsp3) is 0.174. The number of thiophene rings is 1. The highest BCUT2D eigenvalue weighted by Gasteiger charge is 2.31. The molecule has 8 heteroatoms. The highest BCUT2D eigenvalue weighted by Crippen LogP contribution is 2.37. The van der Waals surface area contributed by atoms with E-state index in [9.17, 15) is 9.59 Å². The Bertz CT molecular complexity index is 1140. The first-order valence-electron chi connectivity index (χ1n) is 9.70. The Kier molecular flexibility index (Phi) is 6.11. The Morgan fingerprint density at radius 1 is 1.06 bits per heavy atom. The van der Waals surface area contributed by atoms with Crippen LogP contribution in [0.3, 0.4) is 0 Å². The van der Waals surface area contributed by atoms with Crippen molar-refractivity contribution in [3.8, 4) is 21.9 Å². The molecule has 1 aliphatic rings. The van der Waals surface area contributed by atoms with Gasteiger partial charge in [0.2, 0.25) is 0 Å². The van der Waals surface area contributed by atoms with Gasteiger partial charge in [-0.15, -0.1) is 11.3 Å². The summed E-state index contributed by atoms with van der Waals surface area (Å²) in [5.41, 5.74) is 2.55. The molecule has 0 fully saturated rings. The van der Waals surface area contributed by atoms with E-state index in [-0.39, 0.29) is 18.4 Å². The van der Waals surface area contributed by atoms with Crippen LogP contribution in [0, 0.1) is 0 Å². The topological polar surface area (TPSA) is 81.4 Å². The van der Waals surface area contributed by atoms with Gasteiger partial charge < -0.3 is 14.8 Å². The second-order valence-corrected chi connectivity index (χ2v) is 8.02. The molecule has 1 unspecified atom stereocenters. The molecule has 31 heavy (non-hydrogen) atoms. The van der Waals surface area contributed by atoms with Crippen LogP contribution in [0.25, 0.3) is 10.4 Å². The third kappa shape index (κ3) is 4.65. The molecule has 1 aliphatic heterocycles. The first kappa shape index (κ1) is 20.8. The summed E-state index contributed by atoms with van der Waals surface area (Å²) >= 11 is 1.38. The van der Waals surface area contributed by atoms with Crippen molar-refractivity contribution in [1.82, 2.24) is 5.32 Å². The van der Waals surface area contributed by atoms with Crippen molar-refractivity contribution in [3.05, 3.63) is 65.0 Å². The number of carbonyl (C=O) groups is 2. The number of amides is 2. The molecule has 3 aromatic rings. The van der Waals surface area contributed by atoms with E-state index >= 15 is 0 Å². The predicted octanol–water partition coefficient (Wildman–Crippen LogP) is 2.45. The molecule has 0 aliphatic carbocycles. The molecule has 0 saturated heterocycles. The summed E-state index contributed by atoms with van der Waals surface area (Å²) in [7, 11) is 3.22. The zero-order valence-corrected chi connectivity index (χ0v) is 18.0. The first-order valence-corrected chi connectivity index (χ1v) is 10.5. The van der Waals surface area contributed by atoms with Crippen LogP contribution in [0.4, 0.5) is 5.69 Å². The molecule has 1 atom stereocenters. The quantitative estimate of drug-likeness (QED) is 0.596. The zero-order valence-electron chi connectivity index (χ0n) is 17.2. The second kappa shape index (κ2) is 9.11. The largest absolute Gasteiger partial charge is 0.497 e. The van der Waals surface area contributed by atoms with E-state index in [1.165, 1.54) is 17.7 Å². The number of aliphatic imine (C=N–C) groups is 1. The van der Waals surface area contributed by atoms with Crippen LogP contribution in [0.2, 0.25) is 0 Å². The molecule has 2 heterocycles. The summed E-state index contributed by atoms with van der Waals surface area (Å²) in [6, 6.07) is 17.0. The summed E-state index contributed by atoms with van der Waals surface area (Å²) in [5.74, 6) is 1.13. The number of nitrogens with zero attached hydrogens (tertiary/aromatic N) is 1. The van der Waals surface area contributed by atoms with E-state index in [1.54, 1.807) is 14.2 Å².